The number of hydrogen-bond donors (Lipinski definition) is 0. The number of fused-ring (bicyclic) bond motifs is 1. The average molecular weight is 243 g/mol. The van der Waals surface area contributed by atoms with Crippen molar-refractivity contribution in [3.05, 3.63) is 35.2 Å². The van der Waals surface area contributed by atoms with Gasteiger partial charge in [-0.05, 0) is 55.3 Å². The topological polar surface area (TPSA) is 22.1 Å². The van der Waals surface area contributed by atoms with E-state index in [-0.39, 0.29) is 0 Å². The van der Waals surface area contributed by atoms with Gasteiger partial charge in [-0.3, -0.25) is 4.98 Å². The summed E-state index contributed by atoms with van der Waals surface area (Å²) in [4.78, 5) is 4.73. The number of nitrogens with zero attached hydrogens (tertiary/aromatic N) is 1. The molecule has 0 aliphatic rings. The molecule has 1 unspecified atom stereocenters. The first-order chi connectivity index (χ1) is 8.58. The number of methoxy groups -OCH3 is 1. The first-order valence-electron chi connectivity index (χ1n) is 6.53. The van der Waals surface area contributed by atoms with Gasteiger partial charge in [0.25, 0.3) is 0 Å². The van der Waals surface area contributed by atoms with E-state index in [4.69, 9.17) is 9.72 Å². The summed E-state index contributed by atoms with van der Waals surface area (Å²) in [7, 11) is 1.72. The Morgan fingerprint density at radius 1 is 1.22 bits per heavy atom. The molecule has 0 spiro atoms. The molecule has 1 aromatic carbocycles. The van der Waals surface area contributed by atoms with Crippen LogP contribution in [-0.2, 0) is 0 Å². The minimum Gasteiger partial charge on any atom is -0.496 e. The molecule has 0 saturated heterocycles. The fourth-order valence-corrected chi connectivity index (χ4v) is 2.33. The molecule has 1 aromatic heterocycles. The molecule has 0 aliphatic heterocycles. The second-order valence-corrected chi connectivity index (χ2v) is 4.93. The van der Waals surface area contributed by atoms with Crippen LogP contribution in [0.15, 0.2) is 18.2 Å². The van der Waals surface area contributed by atoms with Crippen molar-refractivity contribution in [2.75, 3.05) is 7.11 Å². The van der Waals surface area contributed by atoms with E-state index in [9.17, 15) is 0 Å². The Labute approximate surface area is 109 Å². The molecule has 0 bridgehead atoms. The molecule has 1 heterocycles. The summed E-state index contributed by atoms with van der Waals surface area (Å²) < 4.78 is 5.40. The summed E-state index contributed by atoms with van der Waals surface area (Å²) in [5, 5.41) is 2.48. The molecule has 1 atom stereocenters. The van der Waals surface area contributed by atoms with Gasteiger partial charge in [0.15, 0.2) is 0 Å². The van der Waals surface area contributed by atoms with Gasteiger partial charge in [-0.15, -0.1) is 0 Å². The average Bonchev–Trinajstić information content (AvgIpc) is 2.38. The minimum atomic E-state index is 0.499. The molecule has 2 aromatic rings. The zero-order valence-electron chi connectivity index (χ0n) is 11.9. The van der Waals surface area contributed by atoms with Crippen LogP contribution in [0, 0.1) is 13.8 Å². The summed E-state index contributed by atoms with van der Waals surface area (Å²) >= 11 is 0. The smallest absolute Gasteiger partial charge is 0.122 e. The summed E-state index contributed by atoms with van der Waals surface area (Å²) in [6, 6.07) is 6.34. The Morgan fingerprint density at radius 3 is 2.56 bits per heavy atom. The monoisotopic (exact) mass is 243 g/mol. The zero-order valence-corrected chi connectivity index (χ0v) is 11.9. The third kappa shape index (κ3) is 2.07. The quantitative estimate of drug-likeness (QED) is 0.798. The third-order valence-corrected chi connectivity index (χ3v) is 3.78. The number of benzene rings is 1. The zero-order chi connectivity index (χ0) is 13.3. The normalized spacial score (nSPS) is 12.7. The van der Waals surface area contributed by atoms with Crippen molar-refractivity contribution >= 4 is 10.8 Å². The molecular weight excluding hydrogens is 222 g/mol. The lowest BCUT2D eigenvalue weighted by Gasteiger charge is -2.14. The van der Waals surface area contributed by atoms with Gasteiger partial charge in [0, 0.05) is 16.8 Å². The number of aryl methyl sites for hydroxylation is 2. The second-order valence-electron chi connectivity index (χ2n) is 4.93. The highest BCUT2D eigenvalue weighted by Crippen LogP contribution is 2.31. The van der Waals surface area contributed by atoms with Crippen LogP contribution in [0.25, 0.3) is 10.8 Å². The van der Waals surface area contributed by atoms with Crippen molar-refractivity contribution in [2.45, 2.75) is 40.0 Å². The van der Waals surface area contributed by atoms with Crippen LogP contribution < -0.4 is 4.74 Å². The number of rotatable bonds is 3. The summed E-state index contributed by atoms with van der Waals surface area (Å²) in [6.07, 6.45) is 1.11. The van der Waals surface area contributed by atoms with E-state index in [1.54, 1.807) is 7.11 Å². The van der Waals surface area contributed by atoms with Gasteiger partial charge in [0.05, 0.1) is 7.11 Å². The molecule has 2 heteroatoms. The molecule has 0 fully saturated rings. The summed E-state index contributed by atoms with van der Waals surface area (Å²) in [5.74, 6) is 1.45. The van der Waals surface area contributed by atoms with E-state index in [2.05, 4.69) is 39.8 Å². The first kappa shape index (κ1) is 12.9. The van der Waals surface area contributed by atoms with Crippen LogP contribution in [0.5, 0.6) is 5.75 Å². The summed E-state index contributed by atoms with van der Waals surface area (Å²) in [6.45, 7) is 8.62. The number of pyridine rings is 1. The highest BCUT2D eigenvalue weighted by molar-refractivity contribution is 5.89. The van der Waals surface area contributed by atoms with Crippen molar-refractivity contribution in [1.82, 2.24) is 4.98 Å². The van der Waals surface area contributed by atoms with Gasteiger partial charge in [0.1, 0.15) is 5.75 Å². The van der Waals surface area contributed by atoms with Crippen LogP contribution in [0.2, 0.25) is 0 Å². The van der Waals surface area contributed by atoms with E-state index in [0.29, 0.717) is 5.92 Å². The number of hydrogen-bond acceptors (Lipinski definition) is 2. The van der Waals surface area contributed by atoms with Crippen LogP contribution in [0.3, 0.4) is 0 Å². The maximum absolute atomic E-state index is 5.40. The lowest BCUT2D eigenvalue weighted by molar-refractivity contribution is 0.412. The molecule has 0 saturated carbocycles. The van der Waals surface area contributed by atoms with Crippen molar-refractivity contribution in [3.8, 4) is 5.75 Å². The molecule has 96 valence electrons. The largest absolute Gasteiger partial charge is 0.496 e. The molecule has 18 heavy (non-hydrogen) atoms. The molecule has 2 nitrogen and oxygen atoms in total. The molecular formula is C16H21NO. The lowest BCUT2D eigenvalue weighted by atomic mass is 9.98. The van der Waals surface area contributed by atoms with Crippen LogP contribution in [-0.4, -0.2) is 12.1 Å². The fourth-order valence-electron chi connectivity index (χ4n) is 2.33. The van der Waals surface area contributed by atoms with E-state index < -0.39 is 0 Å². The van der Waals surface area contributed by atoms with Crippen molar-refractivity contribution < 1.29 is 4.74 Å². The number of ether oxygens (including phenoxy) is 1. The van der Waals surface area contributed by atoms with E-state index in [1.165, 1.54) is 22.0 Å². The van der Waals surface area contributed by atoms with E-state index >= 15 is 0 Å². The Hall–Kier alpha value is -1.57. The highest BCUT2D eigenvalue weighted by Gasteiger charge is 2.11. The SMILES string of the molecule is CCC(C)c1cc2c(C)c(OC)ccc2c(C)n1. The Morgan fingerprint density at radius 2 is 1.94 bits per heavy atom. The van der Waals surface area contributed by atoms with E-state index in [1.807, 2.05) is 6.07 Å². The maximum atomic E-state index is 5.40. The molecule has 0 radical (unpaired) electrons. The number of aromatic nitrogens is 1. The van der Waals surface area contributed by atoms with Gasteiger partial charge in [-0.2, -0.15) is 0 Å². The lowest BCUT2D eigenvalue weighted by Crippen LogP contribution is -1.99. The molecule has 0 amide bonds. The highest BCUT2D eigenvalue weighted by atomic mass is 16.5. The molecule has 2 rings (SSSR count). The Balaban J connectivity index is 2.72. The van der Waals surface area contributed by atoms with Gasteiger partial charge in [0.2, 0.25) is 0 Å². The van der Waals surface area contributed by atoms with Crippen molar-refractivity contribution in [1.29, 1.82) is 0 Å². The van der Waals surface area contributed by atoms with Gasteiger partial charge in [-0.1, -0.05) is 13.8 Å². The Kier molecular flexibility index (Phi) is 3.55. The van der Waals surface area contributed by atoms with Crippen molar-refractivity contribution in [3.63, 3.8) is 0 Å². The van der Waals surface area contributed by atoms with E-state index in [0.717, 1.165) is 17.9 Å². The minimum absolute atomic E-state index is 0.499. The second kappa shape index (κ2) is 4.97. The standard InChI is InChI=1S/C16H21NO/c1-6-10(2)15-9-14-11(3)16(18-5)8-7-13(14)12(4)17-15/h7-10H,6H2,1-5H3. The van der Waals surface area contributed by atoms with Crippen LogP contribution >= 0.6 is 0 Å². The van der Waals surface area contributed by atoms with Crippen LogP contribution in [0.4, 0.5) is 0 Å². The van der Waals surface area contributed by atoms with Gasteiger partial charge >= 0.3 is 0 Å². The maximum Gasteiger partial charge on any atom is 0.122 e. The predicted octanol–water partition coefficient (Wildman–Crippen LogP) is 4.37. The fraction of sp³-hybridized carbons (Fsp3) is 0.438. The van der Waals surface area contributed by atoms with Gasteiger partial charge < -0.3 is 4.74 Å². The Bertz CT molecular complexity index is 575. The third-order valence-electron chi connectivity index (χ3n) is 3.78. The van der Waals surface area contributed by atoms with Crippen molar-refractivity contribution in [2.24, 2.45) is 0 Å². The predicted molar refractivity (Wildman–Crippen MR) is 76.5 cm³/mol. The first-order valence-corrected chi connectivity index (χ1v) is 6.53. The molecule has 0 aliphatic carbocycles. The summed E-state index contributed by atoms with van der Waals surface area (Å²) in [5.41, 5.74) is 3.48. The molecule has 0 N–H and O–H groups in total. The van der Waals surface area contributed by atoms with Gasteiger partial charge in [-0.25, -0.2) is 0 Å². The van der Waals surface area contributed by atoms with Crippen LogP contribution in [0.1, 0.15) is 43.1 Å².